The maximum atomic E-state index is 4.31. The number of nitrogens with one attached hydrogen (secondary N) is 1. The van der Waals surface area contributed by atoms with Crippen LogP contribution in [0.2, 0.25) is 0 Å². The van der Waals surface area contributed by atoms with Gasteiger partial charge in [-0.2, -0.15) is 0 Å². The third kappa shape index (κ3) is 2.81. The molecule has 0 aliphatic carbocycles. The van der Waals surface area contributed by atoms with Crippen LogP contribution in [0.5, 0.6) is 0 Å². The lowest BCUT2D eigenvalue weighted by Crippen LogP contribution is -2.44. The summed E-state index contributed by atoms with van der Waals surface area (Å²) in [5.74, 6) is 0. The van der Waals surface area contributed by atoms with Crippen LogP contribution in [0.1, 0.15) is 36.4 Å². The number of aromatic nitrogens is 1. The molecule has 0 amide bonds. The average Bonchev–Trinajstić information content (AvgIpc) is 2.64. The van der Waals surface area contributed by atoms with Gasteiger partial charge in [-0.05, 0) is 40.3 Å². The van der Waals surface area contributed by atoms with Crippen molar-refractivity contribution in [3.63, 3.8) is 0 Å². The lowest BCUT2D eigenvalue weighted by Gasteiger charge is -2.32. The molecule has 1 aromatic heterocycles. The van der Waals surface area contributed by atoms with Crippen molar-refractivity contribution in [1.29, 1.82) is 0 Å². The Labute approximate surface area is 102 Å². The van der Waals surface area contributed by atoms with E-state index in [2.05, 4.69) is 36.1 Å². The Morgan fingerprint density at radius 3 is 3.06 bits per heavy atom. The first kappa shape index (κ1) is 12.0. The summed E-state index contributed by atoms with van der Waals surface area (Å²) in [6.45, 7) is 6.75. The van der Waals surface area contributed by atoms with Crippen molar-refractivity contribution >= 4 is 11.3 Å². The van der Waals surface area contributed by atoms with Crippen LogP contribution in [0.3, 0.4) is 0 Å². The molecule has 2 rings (SSSR count). The normalized spacial score (nSPS) is 24.6. The number of thiazole rings is 1. The fourth-order valence-electron chi connectivity index (χ4n) is 2.46. The average molecular weight is 239 g/mol. The zero-order chi connectivity index (χ0) is 11.5. The van der Waals surface area contributed by atoms with Crippen LogP contribution in [-0.4, -0.2) is 36.1 Å². The molecule has 4 heteroatoms. The molecule has 1 saturated heterocycles. The molecule has 90 valence electrons. The van der Waals surface area contributed by atoms with Crippen LogP contribution >= 0.6 is 11.3 Å². The van der Waals surface area contributed by atoms with Gasteiger partial charge in [-0.25, -0.2) is 4.98 Å². The van der Waals surface area contributed by atoms with Gasteiger partial charge in [0.05, 0.1) is 11.2 Å². The lowest BCUT2D eigenvalue weighted by molar-refractivity contribution is 0.219. The second kappa shape index (κ2) is 5.25. The summed E-state index contributed by atoms with van der Waals surface area (Å²) in [4.78, 5) is 8.11. The quantitative estimate of drug-likeness (QED) is 0.876. The standard InChI is InChI=1S/C12H21N3S/c1-9-12(16-8-13-9)10(2)14-11-5-4-6-15(3)7-11/h8,10-11,14H,4-7H2,1-3H3. The first-order chi connectivity index (χ1) is 7.66. The number of piperidine rings is 1. The molecule has 16 heavy (non-hydrogen) atoms. The van der Waals surface area contributed by atoms with E-state index in [4.69, 9.17) is 0 Å². The topological polar surface area (TPSA) is 28.2 Å². The van der Waals surface area contributed by atoms with Crippen molar-refractivity contribution in [2.24, 2.45) is 0 Å². The van der Waals surface area contributed by atoms with Crippen molar-refractivity contribution < 1.29 is 0 Å². The minimum absolute atomic E-state index is 0.434. The molecular formula is C12H21N3S. The summed E-state index contributed by atoms with van der Waals surface area (Å²) in [5, 5.41) is 3.72. The van der Waals surface area contributed by atoms with Crippen LogP contribution in [0.25, 0.3) is 0 Å². The minimum Gasteiger partial charge on any atom is -0.305 e. The number of likely N-dealkylation sites (tertiary alicyclic amines) is 1. The van der Waals surface area contributed by atoms with E-state index in [1.54, 1.807) is 11.3 Å². The van der Waals surface area contributed by atoms with Crippen LogP contribution < -0.4 is 5.32 Å². The van der Waals surface area contributed by atoms with Crippen molar-refractivity contribution in [3.05, 3.63) is 16.1 Å². The number of rotatable bonds is 3. The van der Waals surface area contributed by atoms with Crippen LogP contribution in [0.15, 0.2) is 5.51 Å². The Hall–Kier alpha value is -0.450. The molecule has 2 atom stereocenters. The van der Waals surface area contributed by atoms with Gasteiger partial charge in [-0.1, -0.05) is 0 Å². The molecule has 3 nitrogen and oxygen atoms in total. The molecular weight excluding hydrogens is 218 g/mol. The largest absolute Gasteiger partial charge is 0.305 e. The molecule has 1 aromatic rings. The zero-order valence-corrected chi connectivity index (χ0v) is 11.2. The highest BCUT2D eigenvalue weighted by Gasteiger charge is 2.20. The van der Waals surface area contributed by atoms with E-state index in [0.29, 0.717) is 12.1 Å². The van der Waals surface area contributed by atoms with E-state index >= 15 is 0 Å². The monoisotopic (exact) mass is 239 g/mol. The van der Waals surface area contributed by atoms with Crippen LogP contribution in [-0.2, 0) is 0 Å². The minimum atomic E-state index is 0.434. The van der Waals surface area contributed by atoms with Crippen molar-refractivity contribution in [2.75, 3.05) is 20.1 Å². The molecule has 1 fully saturated rings. The first-order valence-corrected chi connectivity index (χ1v) is 6.89. The Bertz CT molecular complexity index is 337. The molecule has 2 heterocycles. The highest BCUT2D eigenvalue weighted by molar-refractivity contribution is 7.09. The summed E-state index contributed by atoms with van der Waals surface area (Å²) in [6, 6.07) is 1.07. The lowest BCUT2D eigenvalue weighted by atomic mass is 10.0. The van der Waals surface area contributed by atoms with E-state index in [9.17, 15) is 0 Å². The Morgan fingerprint density at radius 2 is 2.44 bits per heavy atom. The third-order valence-corrected chi connectivity index (χ3v) is 4.40. The van der Waals surface area contributed by atoms with E-state index < -0.39 is 0 Å². The van der Waals surface area contributed by atoms with E-state index in [1.807, 2.05) is 5.51 Å². The molecule has 0 saturated carbocycles. The van der Waals surface area contributed by atoms with E-state index in [1.165, 1.54) is 36.5 Å². The molecule has 0 bridgehead atoms. The Kier molecular flexibility index (Phi) is 3.95. The first-order valence-electron chi connectivity index (χ1n) is 6.01. The van der Waals surface area contributed by atoms with Gasteiger partial charge in [0.1, 0.15) is 0 Å². The fourth-order valence-corrected chi connectivity index (χ4v) is 3.28. The van der Waals surface area contributed by atoms with Crippen molar-refractivity contribution in [2.45, 2.75) is 38.8 Å². The molecule has 1 aliphatic rings. The smallest absolute Gasteiger partial charge is 0.0798 e. The second-order valence-corrected chi connectivity index (χ2v) is 5.68. The maximum absolute atomic E-state index is 4.31. The van der Waals surface area contributed by atoms with E-state index in [-0.39, 0.29) is 0 Å². The third-order valence-electron chi connectivity index (χ3n) is 3.29. The highest BCUT2D eigenvalue weighted by atomic mass is 32.1. The summed E-state index contributed by atoms with van der Waals surface area (Å²) in [7, 11) is 2.20. The number of nitrogens with zero attached hydrogens (tertiary/aromatic N) is 2. The summed E-state index contributed by atoms with van der Waals surface area (Å²) in [5.41, 5.74) is 3.12. The highest BCUT2D eigenvalue weighted by Crippen LogP contribution is 2.22. The molecule has 1 N–H and O–H groups in total. The number of likely N-dealkylation sites (N-methyl/N-ethyl adjacent to an activating group) is 1. The van der Waals surface area contributed by atoms with Gasteiger partial charge in [-0.15, -0.1) is 11.3 Å². The summed E-state index contributed by atoms with van der Waals surface area (Å²) < 4.78 is 0. The molecule has 1 aliphatic heterocycles. The molecule has 0 spiro atoms. The van der Waals surface area contributed by atoms with Gasteiger partial charge >= 0.3 is 0 Å². The van der Waals surface area contributed by atoms with Crippen molar-refractivity contribution in [1.82, 2.24) is 15.2 Å². The molecule has 0 aromatic carbocycles. The van der Waals surface area contributed by atoms with Gasteiger partial charge in [0.15, 0.2) is 0 Å². The number of aryl methyl sites for hydroxylation is 1. The predicted molar refractivity (Wildman–Crippen MR) is 68.9 cm³/mol. The maximum Gasteiger partial charge on any atom is 0.0798 e. The number of hydrogen-bond acceptors (Lipinski definition) is 4. The van der Waals surface area contributed by atoms with Gasteiger partial charge in [0, 0.05) is 23.5 Å². The summed E-state index contributed by atoms with van der Waals surface area (Å²) in [6.07, 6.45) is 2.61. The summed E-state index contributed by atoms with van der Waals surface area (Å²) >= 11 is 1.76. The Morgan fingerprint density at radius 1 is 1.62 bits per heavy atom. The fraction of sp³-hybridized carbons (Fsp3) is 0.750. The van der Waals surface area contributed by atoms with E-state index in [0.717, 1.165) is 0 Å². The van der Waals surface area contributed by atoms with Gasteiger partial charge in [0.2, 0.25) is 0 Å². The van der Waals surface area contributed by atoms with Gasteiger partial charge < -0.3 is 10.2 Å². The Balaban J connectivity index is 1.92. The van der Waals surface area contributed by atoms with Crippen LogP contribution in [0, 0.1) is 6.92 Å². The molecule has 0 radical (unpaired) electrons. The molecule has 2 unspecified atom stereocenters. The van der Waals surface area contributed by atoms with Crippen molar-refractivity contribution in [3.8, 4) is 0 Å². The van der Waals surface area contributed by atoms with Crippen LogP contribution in [0.4, 0.5) is 0 Å². The van der Waals surface area contributed by atoms with Gasteiger partial charge in [-0.3, -0.25) is 0 Å². The zero-order valence-electron chi connectivity index (χ0n) is 10.4. The number of hydrogen-bond donors (Lipinski definition) is 1. The predicted octanol–water partition coefficient (Wildman–Crippen LogP) is 2.20. The second-order valence-electron chi connectivity index (χ2n) is 4.79. The van der Waals surface area contributed by atoms with Gasteiger partial charge in [0.25, 0.3) is 0 Å². The SMILES string of the molecule is Cc1ncsc1C(C)NC1CCCN(C)C1.